The fourth-order valence-corrected chi connectivity index (χ4v) is 1.57. The zero-order valence-electron chi connectivity index (χ0n) is 9.94. The molecule has 82 valence electrons. The van der Waals surface area contributed by atoms with Crippen LogP contribution in [0.4, 0.5) is 0 Å². The number of nitrogens with zero attached hydrogens (tertiary/aromatic N) is 2. The lowest BCUT2D eigenvalue weighted by Gasteiger charge is -2.05. The van der Waals surface area contributed by atoms with Crippen LogP contribution < -0.4 is 0 Å². The normalized spacial score (nSPS) is 10.8. The molecular weight excluding hydrogens is 196 g/mol. The average molecular weight is 212 g/mol. The molecule has 0 unspecified atom stereocenters. The Morgan fingerprint density at radius 2 is 1.75 bits per heavy atom. The molecule has 0 fully saturated rings. The largest absolute Gasteiger partial charge is 0.236 e. The van der Waals surface area contributed by atoms with Gasteiger partial charge < -0.3 is 0 Å². The van der Waals surface area contributed by atoms with Crippen LogP contribution in [-0.4, -0.2) is 9.97 Å². The van der Waals surface area contributed by atoms with Crippen molar-refractivity contribution < 1.29 is 0 Å². The molecule has 0 atom stereocenters. The summed E-state index contributed by atoms with van der Waals surface area (Å²) in [4.78, 5) is 8.80. The maximum absolute atomic E-state index is 4.40. The Kier molecular flexibility index (Phi) is 3.00. The van der Waals surface area contributed by atoms with Gasteiger partial charge in [-0.3, -0.25) is 0 Å². The molecule has 0 saturated heterocycles. The summed E-state index contributed by atoms with van der Waals surface area (Å²) < 4.78 is 0. The fraction of sp³-hybridized carbons (Fsp3) is 0.286. The summed E-state index contributed by atoms with van der Waals surface area (Å²) in [6, 6.07) is 8.25. The first-order chi connectivity index (χ1) is 7.66. The number of hydrogen-bond donors (Lipinski definition) is 0. The van der Waals surface area contributed by atoms with Crippen molar-refractivity contribution >= 4 is 0 Å². The van der Waals surface area contributed by atoms with E-state index in [2.05, 4.69) is 42.9 Å². The first-order valence-electron chi connectivity index (χ1n) is 5.56. The second-order valence-corrected chi connectivity index (χ2v) is 4.36. The van der Waals surface area contributed by atoms with Crippen molar-refractivity contribution in [2.45, 2.75) is 26.7 Å². The molecule has 0 amide bonds. The van der Waals surface area contributed by atoms with Crippen LogP contribution in [0.5, 0.6) is 0 Å². The van der Waals surface area contributed by atoms with Crippen molar-refractivity contribution in [3.63, 3.8) is 0 Å². The second-order valence-electron chi connectivity index (χ2n) is 4.36. The number of aromatic nitrogens is 2. The van der Waals surface area contributed by atoms with E-state index in [1.807, 2.05) is 24.5 Å². The van der Waals surface area contributed by atoms with Crippen LogP contribution in [0, 0.1) is 6.92 Å². The Labute approximate surface area is 96.4 Å². The van der Waals surface area contributed by atoms with Crippen molar-refractivity contribution in [2.24, 2.45) is 0 Å². The Bertz CT molecular complexity index is 472. The van der Waals surface area contributed by atoms with Gasteiger partial charge in [0.1, 0.15) is 0 Å². The van der Waals surface area contributed by atoms with Crippen molar-refractivity contribution in [1.29, 1.82) is 0 Å². The van der Waals surface area contributed by atoms with Crippen LogP contribution in [0.1, 0.15) is 30.9 Å². The van der Waals surface area contributed by atoms with Gasteiger partial charge in [0.15, 0.2) is 5.82 Å². The quantitative estimate of drug-likeness (QED) is 0.760. The van der Waals surface area contributed by atoms with E-state index in [0.29, 0.717) is 5.92 Å². The van der Waals surface area contributed by atoms with Gasteiger partial charge in [0.25, 0.3) is 0 Å². The van der Waals surface area contributed by atoms with E-state index in [-0.39, 0.29) is 0 Å². The third-order valence-corrected chi connectivity index (χ3v) is 2.61. The molecule has 1 aromatic heterocycles. The molecule has 0 radical (unpaired) electrons. The summed E-state index contributed by atoms with van der Waals surface area (Å²) in [7, 11) is 0. The number of aryl methyl sites for hydroxylation is 1. The van der Waals surface area contributed by atoms with E-state index in [9.17, 15) is 0 Å². The van der Waals surface area contributed by atoms with Gasteiger partial charge in [0.05, 0.1) is 0 Å². The fourth-order valence-electron chi connectivity index (χ4n) is 1.57. The average Bonchev–Trinajstić information content (AvgIpc) is 2.29. The van der Waals surface area contributed by atoms with Crippen molar-refractivity contribution in [3.8, 4) is 11.4 Å². The van der Waals surface area contributed by atoms with Crippen LogP contribution in [0.3, 0.4) is 0 Å². The van der Waals surface area contributed by atoms with E-state index < -0.39 is 0 Å². The molecule has 2 aromatic rings. The van der Waals surface area contributed by atoms with Gasteiger partial charge in [-0.15, -0.1) is 0 Å². The van der Waals surface area contributed by atoms with Gasteiger partial charge in [-0.05, 0) is 24.5 Å². The summed E-state index contributed by atoms with van der Waals surface area (Å²) in [5.74, 6) is 1.28. The molecule has 0 bridgehead atoms. The molecular formula is C14H16N2. The molecule has 0 spiro atoms. The topological polar surface area (TPSA) is 25.8 Å². The summed E-state index contributed by atoms with van der Waals surface area (Å²) in [5, 5.41) is 0. The highest BCUT2D eigenvalue weighted by Gasteiger charge is 2.03. The lowest BCUT2D eigenvalue weighted by Crippen LogP contribution is -1.94. The summed E-state index contributed by atoms with van der Waals surface area (Å²) >= 11 is 0. The summed E-state index contributed by atoms with van der Waals surface area (Å²) in [6.07, 6.45) is 3.82. The zero-order valence-corrected chi connectivity index (χ0v) is 9.94. The molecule has 0 aliphatic heterocycles. The van der Waals surface area contributed by atoms with Gasteiger partial charge in [-0.25, -0.2) is 9.97 Å². The molecule has 1 aromatic carbocycles. The smallest absolute Gasteiger partial charge is 0.159 e. The molecule has 0 saturated carbocycles. The second kappa shape index (κ2) is 4.44. The van der Waals surface area contributed by atoms with Gasteiger partial charge in [0.2, 0.25) is 0 Å². The van der Waals surface area contributed by atoms with Crippen molar-refractivity contribution in [3.05, 3.63) is 47.8 Å². The number of hydrogen-bond acceptors (Lipinski definition) is 2. The maximum Gasteiger partial charge on any atom is 0.159 e. The minimum atomic E-state index is 0.478. The van der Waals surface area contributed by atoms with Gasteiger partial charge in [-0.2, -0.15) is 0 Å². The lowest BCUT2D eigenvalue weighted by molar-refractivity contribution is 0.847. The SMILES string of the molecule is Cc1cccc(-c2ncc(C(C)C)cn2)c1. The van der Waals surface area contributed by atoms with Gasteiger partial charge >= 0.3 is 0 Å². The van der Waals surface area contributed by atoms with Crippen LogP contribution in [0.2, 0.25) is 0 Å². The highest BCUT2D eigenvalue weighted by atomic mass is 14.9. The molecule has 0 N–H and O–H groups in total. The van der Waals surface area contributed by atoms with E-state index in [1.54, 1.807) is 0 Å². The number of benzene rings is 1. The molecule has 0 aliphatic rings. The van der Waals surface area contributed by atoms with Crippen molar-refractivity contribution in [2.75, 3.05) is 0 Å². The minimum absolute atomic E-state index is 0.478. The molecule has 2 nitrogen and oxygen atoms in total. The monoisotopic (exact) mass is 212 g/mol. The van der Waals surface area contributed by atoms with Gasteiger partial charge in [-0.1, -0.05) is 37.6 Å². The number of rotatable bonds is 2. The molecule has 1 heterocycles. The van der Waals surface area contributed by atoms with Crippen molar-refractivity contribution in [1.82, 2.24) is 9.97 Å². The highest BCUT2D eigenvalue weighted by Crippen LogP contribution is 2.18. The predicted molar refractivity (Wildman–Crippen MR) is 66.3 cm³/mol. The Hall–Kier alpha value is -1.70. The standard InChI is InChI=1S/C14H16N2/c1-10(2)13-8-15-14(16-9-13)12-6-4-5-11(3)7-12/h4-10H,1-3H3. The van der Waals surface area contributed by atoms with Crippen LogP contribution in [0.25, 0.3) is 11.4 Å². The summed E-state index contributed by atoms with van der Waals surface area (Å²) in [6.45, 7) is 6.36. The predicted octanol–water partition coefficient (Wildman–Crippen LogP) is 3.58. The minimum Gasteiger partial charge on any atom is -0.236 e. The third kappa shape index (κ3) is 2.27. The van der Waals surface area contributed by atoms with E-state index >= 15 is 0 Å². The maximum atomic E-state index is 4.40. The first kappa shape index (κ1) is 10.8. The molecule has 0 aliphatic carbocycles. The Balaban J connectivity index is 2.35. The molecule has 16 heavy (non-hydrogen) atoms. The summed E-state index contributed by atoms with van der Waals surface area (Å²) in [5.41, 5.74) is 3.49. The Morgan fingerprint density at radius 3 is 2.31 bits per heavy atom. The van der Waals surface area contributed by atoms with Gasteiger partial charge in [0, 0.05) is 18.0 Å². The lowest BCUT2D eigenvalue weighted by atomic mass is 10.1. The zero-order chi connectivity index (χ0) is 11.5. The molecule has 2 rings (SSSR count). The van der Waals surface area contributed by atoms with E-state index in [4.69, 9.17) is 0 Å². The van der Waals surface area contributed by atoms with E-state index in [0.717, 1.165) is 11.4 Å². The van der Waals surface area contributed by atoms with Crippen LogP contribution >= 0.6 is 0 Å². The first-order valence-corrected chi connectivity index (χ1v) is 5.56. The molecule has 2 heteroatoms. The highest BCUT2D eigenvalue weighted by molar-refractivity contribution is 5.55. The third-order valence-electron chi connectivity index (χ3n) is 2.61. The van der Waals surface area contributed by atoms with Crippen LogP contribution in [-0.2, 0) is 0 Å². The Morgan fingerprint density at radius 1 is 1.06 bits per heavy atom. The van der Waals surface area contributed by atoms with Crippen LogP contribution in [0.15, 0.2) is 36.7 Å². The van der Waals surface area contributed by atoms with E-state index in [1.165, 1.54) is 11.1 Å².